The van der Waals surface area contributed by atoms with E-state index in [-0.39, 0.29) is 5.41 Å². The molecule has 1 unspecified atom stereocenters. The molecule has 0 aromatic rings. The molecule has 66 valence electrons. The molecule has 0 bridgehead atoms. The minimum absolute atomic E-state index is 0.0312. The largest absolute Gasteiger partial charge is 0.352 e. The maximum atomic E-state index is 5.80. The molecule has 1 rings (SSSR count). The zero-order valence-corrected chi connectivity index (χ0v) is 8.07. The van der Waals surface area contributed by atoms with Crippen LogP contribution in [0.15, 0.2) is 0 Å². The molecule has 0 aliphatic carbocycles. The molecule has 3 heteroatoms. The van der Waals surface area contributed by atoms with Crippen molar-refractivity contribution in [3.8, 4) is 0 Å². The van der Waals surface area contributed by atoms with E-state index in [2.05, 4.69) is 13.8 Å². The molecule has 2 nitrogen and oxygen atoms in total. The predicted molar refractivity (Wildman–Crippen MR) is 44.8 cm³/mol. The van der Waals surface area contributed by atoms with Crippen molar-refractivity contribution < 1.29 is 9.47 Å². The van der Waals surface area contributed by atoms with E-state index in [0.29, 0.717) is 5.88 Å². The van der Waals surface area contributed by atoms with Gasteiger partial charge in [0.05, 0.1) is 12.5 Å². The molecular formula is C8H15ClO2. The molecule has 1 saturated heterocycles. The van der Waals surface area contributed by atoms with Crippen molar-refractivity contribution in [3.05, 3.63) is 0 Å². The van der Waals surface area contributed by atoms with E-state index in [0.717, 1.165) is 13.0 Å². The Kier molecular flexibility index (Phi) is 2.47. The Morgan fingerprint density at radius 2 is 2.18 bits per heavy atom. The third-order valence-corrected chi connectivity index (χ3v) is 2.95. The second-order valence-corrected chi connectivity index (χ2v) is 3.84. The first-order chi connectivity index (χ1) is 5.08. The lowest BCUT2D eigenvalue weighted by Crippen LogP contribution is -2.45. The van der Waals surface area contributed by atoms with Crippen LogP contribution < -0.4 is 0 Å². The van der Waals surface area contributed by atoms with Gasteiger partial charge < -0.3 is 9.47 Å². The fraction of sp³-hybridized carbons (Fsp3) is 1.00. The summed E-state index contributed by atoms with van der Waals surface area (Å²) in [4.78, 5) is 0. The molecule has 0 N–H and O–H groups in total. The van der Waals surface area contributed by atoms with Crippen LogP contribution in [0.1, 0.15) is 20.3 Å². The number of ether oxygens (including phenoxy) is 2. The lowest BCUT2D eigenvalue weighted by molar-refractivity contribution is -0.221. The van der Waals surface area contributed by atoms with Gasteiger partial charge >= 0.3 is 0 Å². The zero-order valence-electron chi connectivity index (χ0n) is 7.32. The summed E-state index contributed by atoms with van der Waals surface area (Å²) in [5.41, 5.74) is 0.0312. The average molecular weight is 179 g/mol. The lowest BCUT2D eigenvalue weighted by atomic mass is 9.83. The van der Waals surface area contributed by atoms with Crippen molar-refractivity contribution in [3.63, 3.8) is 0 Å². The molecule has 0 amide bonds. The van der Waals surface area contributed by atoms with Crippen LogP contribution in [0, 0.1) is 5.41 Å². The average Bonchev–Trinajstić information content (AvgIpc) is 2.26. The molecule has 11 heavy (non-hydrogen) atoms. The quantitative estimate of drug-likeness (QED) is 0.603. The Bertz CT molecular complexity index is 141. The molecule has 0 aromatic carbocycles. The molecule has 0 saturated carbocycles. The summed E-state index contributed by atoms with van der Waals surface area (Å²) < 4.78 is 10.8. The van der Waals surface area contributed by atoms with Gasteiger partial charge in [-0.3, -0.25) is 0 Å². The van der Waals surface area contributed by atoms with Gasteiger partial charge in [0.15, 0.2) is 5.79 Å². The van der Waals surface area contributed by atoms with Gasteiger partial charge in [-0.15, -0.1) is 11.6 Å². The minimum Gasteiger partial charge on any atom is -0.352 e. The Labute approximate surface area is 72.8 Å². The zero-order chi connectivity index (χ0) is 8.54. The van der Waals surface area contributed by atoms with Crippen molar-refractivity contribution >= 4 is 11.6 Å². The Morgan fingerprint density at radius 3 is 2.36 bits per heavy atom. The highest BCUT2D eigenvalue weighted by molar-refractivity contribution is 6.18. The molecule has 1 aliphatic rings. The number of rotatable bonds is 2. The van der Waals surface area contributed by atoms with Gasteiger partial charge in [0, 0.05) is 12.5 Å². The summed E-state index contributed by atoms with van der Waals surface area (Å²) >= 11 is 5.80. The van der Waals surface area contributed by atoms with E-state index in [4.69, 9.17) is 21.1 Å². The third kappa shape index (κ3) is 1.28. The molecule has 1 heterocycles. The Balaban J connectivity index is 2.81. The smallest absolute Gasteiger partial charge is 0.186 e. The highest BCUT2D eigenvalue weighted by atomic mass is 35.5. The van der Waals surface area contributed by atoms with Crippen molar-refractivity contribution in [2.45, 2.75) is 26.1 Å². The lowest BCUT2D eigenvalue weighted by Gasteiger charge is -2.36. The molecule has 0 radical (unpaired) electrons. The molecule has 0 spiro atoms. The highest BCUT2D eigenvalue weighted by Gasteiger charge is 2.50. The van der Waals surface area contributed by atoms with E-state index in [1.807, 2.05) is 0 Å². The van der Waals surface area contributed by atoms with Gasteiger partial charge in [-0.1, -0.05) is 13.8 Å². The van der Waals surface area contributed by atoms with Gasteiger partial charge in [0.25, 0.3) is 0 Å². The fourth-order valence-corrected chi connectivity index (χ4v) is 2.01. The first-order valence-corrected chi connectivity index (χ1v) is 4.36. The standard InChI is InChI=1S/C8H15ClO2/c1-7(2)4-5-11-8(7,6-9)10-3/h4-6H2,1-3H3. The maximum absolute atomic E-state index is 5.80. The van der Waals surface area contributed by atoms with Crippen LogP contribution in [-0.4, -0.2) is 25.4 Å². The molecular weight excluding hydrogens is 164 g/mol. The summed E-state index contributed by atoms with van der Waals surface area (Å²) in [6.45, 7) is 4.98. The second kappa shape index (κ2) is 2.92. The number of halogens is 1. The summed E-state index contributed by atoms with van der Waals surface area (Å²) in [7, 11) is 1.65. The van der Waals surface area contributed by atoms with Gasteiger partial charge in [-0.2, -0.15) is 0 Å². The summed E-state index contributed by atoms with van der Waals surface area (Å²) in [6.07, 6.45) is 1.01. The first kappa shape index (κ1) is 9.30. The van der Waals surface area contributed by atoms with Gasteiger partial charge in [0.1, 0.15) is 0 Å². The third-order valence-electron chi connectivity index (χ3n) is 2.60. The second-order valence-electron chi connectivity index (χ2n) is 3.57. The molecule has 0 aromatic heterocycles. The Morgan fingerprint density at radius 1 is 1.55 bits per heavy atom. The minimum atomic E-state index is -0.561. The number of hydrogen-bond acceptors (Lipinski definition) is 2. The van der Waals surface area contributed by atoms with Gasteiger partial charge in [0.2, 0.25) is 0 Å². The summed E-state index contributed by atoms with van der Waals surface area (Å²) in [6, 6.07) is 0. The van der Waals surface area contributed by atoms with Crippen molar-refractivity contribution in [2.75, 3.05) is 19.6 Å². The van der Waals surface area contributed by atoms with Crippen LogP contribution in [0.2, 0.25) is 0 Å². The van der Waals surface area contributed by atoms with E-state index < -0.39 is 5.79 Å². The maximum Gasteiger partial charge on any atom is 0.186 e. The Hall–Kier alpha value is 0.210. The van der Waals surface area contributed by atoms with E-state index in [9.17, 15) is 0 Å². The molecule has 1 fully saturated rings. The summed E-state index contributed by atoms with van der Waals surface area (Å²) in [5.74, 6) is -0.162. The topological polar surface area (TPSA) is 18.5 Å². The normalized spacial score (nSPS) is 36.0. The summed E-state index contributed by atoms with van der Waals surface area (Å²) in [5, 5.41) is 0. The SMILES string of the molecule is COC1(CCl)OCCC1(C)C. The predicted octanol–water partition coefficient (Wildman–Crippen LogP) is 2.01. The number of alkyl halides is 1. The van der Waals surface area contributed by atoms with E-state index in [1.54, 1.807) is 7.11 Å². The number of methoxy groups -OCH3 is 1. The van der Waals surface area contributed by atoms with Crippen LogP contribution in [-0.2, 0) is 9.47 Å². The van der Waals surface area contributed by atoms with Crippen LogP contribution in [0.4, 0.5) is 0 Å². The highest BCUT2D eigenvalue weighted by Crippen LogP contribution is 2.44. The van der Waals surface area contributed by atoms with E-state index in [1.165, 1.54) is 0 Å². The molecule has 1 atom stereocenters. The van der Waals surface area contributed by atoms with Crippen LogP contribution >= 0.6 is 11.6 Å². The van der Waals surface area contributed by atoms with Crippen LogP contribution in [0.25, 0.3) is 0 Å². The van der Waals surface area contributed by atoms with Crippen LogP contribution in [0.3, 0.4) is 0 Å². The number of hydrogen-bond donors (Lipinski definition) is 0. The van der Waals surface area contributed by atoms with Crippen molar-refractivity contribution in [2.24, 2.45) is 5.41 Å². The van der Waals surface area contributed by atoms with Crippen LogP contribution in [0.5, 0.6) is 0 Å². The fourth-order valence-electron chi connectivity index (χ4n) is 1.47. The first-order valence-electron chi connectivity index (χ1n) is 3.83. The van der Waals surface area contributed by atoms with Gasteiger partial charge in [-0.25, -0.2) is 0 Å². The monoisotopic (exact) mass is 178 g/mol. The van der Waals surface area contributed by atoms with Crippen molar-refractivity contribution in [1.29, 1.82) is 0 Å². The van der Waals surface area contributed by atoms with E-state index >= 15 is 0 Å². The van der Waals surface area contributed by atoms with Gasteiger partial charge in [-0.05, 0) is 6.42 Å². The van der Waals surface area contributed by atoms with Crippen molar-refractivity contribution in [1.82, 2.24) is 0 Å². The molecule has 1 aliphatic heterocycles.